The number of halogens is 1. The van der Waals surface area contributed by atoms with Crippen LogP contribution >= 0.6 is 11.6 Å². The molecule has 0 radical (unpaired) electrons. The lowest BCUT2D eigenvalue weighted by atomic mass is 10.1. The Morgan fingerprint density at radius 3 is 2.94 bits per heavy atom. The van der Waals surface area contributed by atoms with Crippen molar-refractivity contribution in [2.45, 2.75) is 25.3 Å². The van der Waals surface area contributed by atoms with Gasteiger partial charge in [0.2, 0.25) is 0 Å². The Morgan fingerprint density at radius 1 is 1.31 bits per heavy atom. The van der Waals surface area contributed by atoms with Gasteiger partial charge in [-0.1, -0.05) is 17.7 Å². The summed E-state index contributed by atoms with van der Waals surface area (Å²) in [7, 11) is 0. The van der Waals surface area contributed by atoms with Crippen LogP contribution < -0.4 is 10.2 Å². The summed E-state index contributed by atoms with van der Waals surface area (Å²) in [6.07, 6.45) is 3.55. The number of pyridine rings is 1. The standard InChI is InChI=1S/C12H16ClN3/c13-11-2-1-9-5-8-16(12(9)15-11)10-3-6-14-7-4-10/h1-2,10,14H,3-8H2. The third kappa shape index (κ3) is 1.78. The van der Waals surface area contributed by atoms with Crippen LogP contribution in [0.15, 0.2) is 12.1 Å². The first-order valence-corrected chi connectivity index (χ1v) is 6.35. The molecular formula is C12H16ClN3. The molecule has 0 amide bonds. The maximum atomic E-state index is 5.98. The summed E-state index contributed by atoms with van der Waals surface area (Å²) in [4.78, 5) is 6.93. The lowest BCUT2D eigenvalue weighted by molar-refractivity contribution is 0.434. The van der Waals surface area contributed by atoms with Gasteiger partial charge in [-0.15, -0.1) is 0 Å². The van der Waals surface area contributed by atoms with Crippen LogP contribution in [0.25, 0.3) is 0 Å². The van der Waals surface area contributed by atoms with Gasteiger partial charge in [0, 0.05) is 12.6 Å². The molecule has 2 aliphatic heterocycles. The van der Waals surface area contributed by atoms with Crippen molar-refractivity contribution >= 4 is 17.4 Å². The minimum absolute atomic E-state index is 0.611. The lowest BCUT2D eigenvalue weighted by Crippen LogP contribution is -2.42. The molecule has 3 heterocycles. The van der Waals surface area contributed by atoms with Crippen LogP contribution in [0.3, 0.4) is 0 Å². The van der Waals surface area contributed by atoms with Gasteiger partial charge in [-0.2, -0.15) is 0 Å². The first kappa shape index (κ1) is 10.4. The van der Waals surface area contributed by atoms with Crippen molar-refractivity contribution in [3.63, 3.8) is 0 Å². The number of aromatic nitrogens is 1. The van der Waals surface area contributed by atoms with E-state index in [2.05, 4.69) is 21.3 Å². The van der Waals surface area contributed by atoms with E-state index in [9.17, 15) is 0 Å². The number of hydrogen-bond donors (Lipinski definition) is 1. The Kier molecular flexibility index (Phi) is 2.74. The number of nitrogens with zero attached hydrogens (tertiary/aromatic N) is 2. The summed E-state index contributed by atoms with van der Waals surface area (Å²) in [6, 6.07) is 4.66. The first-order valence-electron chi connectivity index (χ1n) is 5.97. The van der Waals surface area contributed by atoms with E-state index in [0.29, 0.717) is 11.2 Å². The van der Waals surface area contributed by atoms with Gasteiger partial charge in [-0.05, 0) is 44.0 Å². The van der Waals surface area contributed by atoms with E-state index in [1.165, 1.54) is 18.4 Å². The number of hydrogen-bond acceptors (Lipinski definition) is 3. The van der Waals surface area contributed by atoms with E-state index in [1.54, 1.807) is 0 Å². The molecule has 0 saturated carbocycles. The molecule has 2 aliphatic rings. The van der Waals surface area contributed by atoms with Gasteiger partial charge in [0.1, 0.15) is 11.0 Å². The summed E-state index contributed by atoms with van der Waals surface area (Å²) in [6.45, 7) is 3.35. The highest BCUT2D eigenvalue weighted by molar-refractivity contribution is 6.29. The van der Waals surface area contributed by atoms with Crippen LogP contribution in [0.5, 0.6) is 0 Å². The lowest BCUT2D eigenvalue weighted by Gasteiger charge is -2.32. The SMILES string of the molecule is Clc1ccc2c(n1)N(C1CCNCC1)CC2. The van der Waals surface area contributed by atoms with Gasteiger partial charge in [0.05, 0.1) is 0 Å². The zero-order valence-corrected chi connectivity index (χ0v) is 10.0. The second kappa shape index (κ2) is 4.22. The average Bonchev–Trinajstić information content (AvgIpc) is 2.73. The number of nitrogens with one attached hydrogen (secondary N) is 1. The maximum absolute atomic E-state index is 5.98. The number of fused-ring (bicyclic) bond motifs is 1. The molecule has 3 rings (SSSR count). The topological polar surface area (TPSA) is 28.2 Å². The van der Waals surface area contributed by atoms with E-state index >= 15 is 0 Å². The molecule has 0 bridgehead atoms. The van der Waals surface area contributed by atoms with Crippen molar-refractivity contribution in [2.24, 2.45) is 0 Å². The molecule has 1 aromatic heterocycles. The normalized spacial score (nSPS) is 21.2. The highest BCUT2D eigenvalue weighted by Gasteiger charge is 2.28. The van der Waals surface area contributed by atoms with Crippen molar-refractivity contribution in [2.75, 3.05) is 24.5 Å². The highest BCUT2D eigenvalue weighted by Crippen LogP contribution is 2.31. The van der Waals surface area contributed by atoms with Gasteiger partial charge >= 0.3 is 0 Å². The van der Waals surface area contributed by atoms with Crippen molar-refractivity contribution in [1.82, 2.24) is 10.3 Å². The molecule has 0 unspecified atom stereocenters. The summed E-state index contributed by atoms with van der Waals surface area (Å²) < 4.78 is 0. The molecule has 1 fully saturated rings. The van der Waals surface area contributed by atoms with Crippen LogP contribution in [0.2, 0.25) is 5.15 Å². The molecule has 0 aliphatic carbocycles. The third-order valence-corrected chi connectivity index (χ3v) is 3.78. The highest BCUT2D eigenvalue weighted by atomic mass is 35.5. The third-order valence-electron chi connectivity index (χ3n) is 3.57. The smallest absolute Gasteiger partial charge is 0.133 e. The Balaban J connectivity index is 1.86. The molecule has 0 atom stereocenters. The summed E-state index contributed by atoms with van der Waals surface area (Å²) in [5.74, 6) is 1.12. The first-order chi connectivity index (χ1) is 7.84. The molecule has 0 aromatic carbocycles. The molecule has 0 spiro atoms. The quantitative estimate of drug-likeness (QED) is 0.756. The van der Waals surface area contributed by atoms with E-state index in [-0.39, 0.29) is 0 Å². The van der Waals surface area contributed by atoms with Gasteiger partial charge in [-0.25, -0.2) is 4.98 Å². The predicted molar refractivity (Wildman–Crippen MR) is 66.2 cm³/mol. The minimum Gasteiger partial charge on any atom is -0.353 e. The van der Waals surface area contributed by atoms with Crippen molar-refractivity contribution in [3.05, 3.63) is 22.8 Å². The average molecular weight is 238 g/mol. The number of piperidine rings is 1. The molecule has 86 valence electrons. The van der Waals surface area contributed by atoms with Gasteiger partial charge < -0.3 is 10.2 Å². The molecule has 1 aromatic rings. The van der Waals surface area contributed by atoms with Crippen LogP contribution in [0, 0.1) is 0 Å². The Labute approximate surface area is 101 Å². The van der Waals surface area contributed by atoms with Crippen LogP contribution in [-0.2, 0) is 6.42 Å². The molecule has 3 nitrogen and oxygen atoms in total. The van der Waals surface area contributed by atoms with Crippen LogP contribution in [0.4, 0.5) is 5.82 Å². The number of rotatable bonds is 1. The van der Waals surface area contributed by atoms with E-state index in [0.717, 1.165) is 31.9 Å². The van der Waals surface area contributed by atoms with E-state index in [1.807, 2.05) is 6.07 Å². The Morgan fingerprint density at radius 2 is 2.12 bits per heavy atom. The maximum Gasteiger partial charge on any atom is 0.133 e. The van der Waals surface area contributed by atoms with Crippen LogP contribution in [0.1, 0.15) is 18.4 Å². The molecular weight excluding hydrogens is 222 g/mol. The molecule has 16 heavy (non-hydrogen) atoms. The Hall–Kier alpha value is -0.800. The molecule has 1 saturated heterocycles. The van der Waals surface area contributed by atoms with Crippen LogP contribution in [-0.4, -0.2) is 30.7 Å². The summed E-state index contributed by atoms with van der Waals surface area (Å²) >= 11 is 5.98. The minimum atomic E-state index is 0.611. The predicted octanol–water partition coefficient (Wildman–Crippen LogP) is 1.85. The van der Waals surface area contributed by atoms with Gasteiger partial charge in [-0.3, -0.25) is 0 Å². The summed E-state index contributed by atoms with van der Waals surface area (Å²) in [5.41, 5.74) is 1.35. The monoisotopic (exact) mass is 237 g/mol. The van der Waals surface area contributed by atoms with E-state index < -0.39 is 0 Å². The van der Waals surface area contributed by atoms with E-state index in [4.69, 9.17) is 11.6 Å². The fraction of sp³-hybridized carbons (Fsp3) is 0.583. The fourth-order valence-corrected chi connectivity index (χ4v) is 2.86. The Bertz CT molecular complexity index is 388. The van der Waals surface area contributed by atoms with Crippen molar-refractivity contribution in [1.29, 1.82) is 0 Å². The second-order valence-corrected chi connectivity index (χ2v) is 4.93. The number of anilines is 1. The summed E-state index contributed by atoms with van der Waals surface area (Å²) in [5, 5.41) is 4.01. The zero-order chi connectivity index (χ0) is 11.0. The molecule has 4 heteroatoms. The van der Waals surface area contributed by atoms with Crippen molar-refractivity contribution < 1.29 is 0 Å². The second-order valence-electron chi connectivity index (χ2n) is 4.54. The fourth-order valence-electron chi connectivity index (χ4n) is 2.72. The zero-order valence-electron chi connectivity index (χ0n) is 9.25. The molecule has 1 N–H and O–H groups in total. The largest absolute Gasteiger partial charge is 0.353 e. The van der Waals surface area contributed by atoms with Gasteiger partial charge in [0.25, 0.3) is 0 Å². The van der Waals surface area contributed by atoms with Crippen molar-refractivity contribution in [3.8, 4) is 0 Å². The van der Waals surface area contributed by atoms with Gasteiger partial charge in [0.15, 0.2) is 0 Å².